The van der Waals surface area contributed by atoms with Gasteiger partial charge in [-0.1, -0.05) is 63.3 Å². The second-order valence-electron chi connectivity index (χ2n) is 8.23. The molecule has 0 saturated heterocycles. The van der Waals surface area contributed by atoms with E-state index >= 15 is 0 Å². The average Bonchev–Trinajstić information content (AvgIpc) is 3.13. The molecule has 0 aliphatic heterocycles. The van der Waals surface area contributed by atoms with E-state index in [1.165, 1.54) is 23.1 Å². The lowest BCUT2D eigenvalue weighted by atomic mass is 9.76. The van der Waals surface area contributed by atoms with E-state index in [4.69, 9.17) is 5.11 Å². The predicted octanol–water partition coefficient (Wildman–Crippen LogP) is 6.34. The summed E-state index contributed by atoms with van der Waals surface area (Å²) in [5.74, 6) is 1.05. The van der Waals surface area contributed by atoms with Gasteiger partial charge in [-0.2, -0.15) is 0 Å². The second-order valence-corrected chi connectivity index (χ2v) is 8.23. The topological polar surface area (TPSA) is 20.2 Å². The first kappa shape index (κ1) is 17.5. The first-order chi connectivity index (χ1) is 11.8. The van der Waals surface area contributed by atoms with E-state index in [-0.39, 0.29) is 5.41 Å². The number of aromatic hydroxyl groups is 1. The maximum Gasteiger partial charge on any atom is 0.115 e. The maximum atomic E-state index is 8.81. The molecule has 1 N–H and O–H groups in total. The van der Waals surface area contributed by atoms with Crippen molar-refractivity contribution in [3.05, 3.63) is 82.4 Å². The molecule has 2 bridgehead atoms. The first-order valence-corrected chi connectivity index (χ1v) is 9.04. The molecule has 130 valence electrons. The Morgan fingerprint density at radius 2 is 1.76 bits per heavy atom. The zero-order chi connectivity index (χ0) is 18.2. The molecule has 3 aliphatic rings. The van der Waals surface area contributed by atoms with Crippen LogP contribution >= 0.6 is 0 Å². The van der Waals surface area contributed by atoms with E-state index in [1.807, 2.05) is 19.1 Å². The SMILES string of the molecule is Cc1ccc(C(C)(C)C)cc1C1=C2C=CC1C2.Cc1cccc(O)c1. The summed E-state index contributed by atoms with van der Waals surface area (Å²) in [5, 5.41) is 8.81. The van der Waals surface area contributed by atoms with Gasteiger partial charge in [0.2, 0.25) is 0 Å². The third kappa shape index (κ3) is 3.71. The summed E-state index contributed by atoms with van der Waals surface area (Å²) in [7, 11) is 0. The fourth-order valence-corrected chi connectivity index (χ4v) is 3.49. The Labute approximate surface area is 151 Å². The molecule has 1 heteroatoms. The largest absolute Gasteiger partial charge is 0.508 e. The minimum absolute atomic E-state index is 0.240. The van der Waals surface area contributed by atoms with Gasteiger partial charge in [0.05, 0.1) is 0 Å². The van der Waals surface area contributed by atoms with E-state index in [0.717, 1.165) is 5.56 Å². The summed E-state index contributed by atoms with van der Waals surface area (Å²) in [5.41, 5.74) is 8.82. The number of rotatable bonds is 1. The molecule has 25 heavy (non-hydrogen) atoms. The summed E-state index contributed by atoms with van der Waals surface area (Å²) in [6, 6.07) is 14.1. The molecule has 1 atom stereocenters. The quantitative estimate of drug-likeness (QED) is 0.646. The molecule has 2 aromatic carbocycles. The van der Waals surface area contributed by atoms with Crippen LogP contribution in [0.1, 0.15) is 49.4 Å². The van der Waals surface area contributed by atoms with E-state index in [0.29, 0.717) is 11.7 Å². The molecule has 0 spiro atoms. The third-order valence-electron chi connectivity index (χ3n) is 5.08. The highest BCUT2D eigenvalue weighted by Crippen LogP contribution is 2.49. The number of hydrogen-bond acceptors (Lipinski definition) is 1. The van der Waals surface area contributed by atoms with Crippen LogP contribution in [0.15, 0.2) is 60.2 Å². The predicted molar refractivity (Wildman–Crippen MR) is 107 cm³/mol. The van der Waals surface area contributed by atoms with Crippen molar-refractivity contribution in [2.45, 2.75) is 46.5 Å². The van der Waals surface area contributed by atoms with Crippen LogP contribution in [-0.2, 0) is 5.41 Å². The molecule has 3 aliphatic carbocycles. The molecule has 0 radical (unpaired) electrons. The fourth-order valence-electron chi connectivity index (χ4n) is 3.49. The zero-order valence-electron chi connectivity index (χ0n) is 15.9. The van der Waals surface area contributed by atoms with Gasteiger partial charge in [-0.15, -0.1) is 0 Å². The van der Waals surface area contributed by atoms with Gasteiger partial charge < -0.3 is 5.11 Å². The number of benzene rings is 2. The first-order valence-electron chi connectivity index (χ1n) is 9.04. The minimum atomic E-state index is 0.240. The van der Waals surface area contributed by atoms with E-state index in [1.54, 1.807) is 23.3 Å². The van der Waals surface area contributed by atoms with Crippen molar-refractivity contribution >= 4 is 5.57 Å². The van der Waals surface area contributed by atoms with Crippen LogP contribution in [0.3, 0.4) is 0 Å². The van der Waals surface area contributed by atoms with Crippen LogP contribution in [0.5, 0.6) is 5.75 Å². The number of phenolic OH excluding ortho intramolecular Hbond substituents is 1. The molecule has 5 rings (SSSR count). The van der Waals surface area contributed by atoms with Gasteiger partial charge in [0.15, 0.2) is 0 Å². The Hall–Kier alpha value is -2.28. The van der Waals surface area contributed by atoms with Crippen molar-refractivity contribution in [2.75, 3.05) is 0 Å². The van der Waals surface area contributed by atoms with Gasteiger partial charge in [-0.05, 0) is 71.2 Å². The van der Waals surface area contributed by atoms with Crippen molar-refractivity contribution in [3.8, 4) is 5.75 Å². The van der Waals surface area contributed by atoms with Gasteiger partial charge in [-0.25, -0.2) is 0 Å². The number of hydrogen-bond donors (Lipinski definition) is 1. The molecule has 0 heterocycles. The molecule has 0 saturated carbocycles. The molecule has 1 nitrogen and oxygen atoms in total. The van der Waals surface area contributed by atoms with Crippen molar-refractivity contribution < 1.29 is 5.11 Å². The van der Waals surface area contributed by atoms with Gasteiger partial charge >= 0.3 is 0 Å². The Morgan fingerprint density at radius 1 is 1.00 bits per heavy atom. The summed E-state index contributed by atoms with van der Waals surface area (Å²) in [6.45, 7) is 11.0. The van der Waals surface area contributed by atoms with Crippen LogP contribution in [0, 0.1) is 19.8 Å². The number of allylic oxidation sites excluding steroid dienone is 4. The summed E-state index contributed by atoms with van der Waals surface area (Å²) in [4.78, 5) is 0. The Kier molecular flexibility index (Phi) is 4.60. The maximum absolute atomic E-state index is 8.81. The lowest BCUT2D eigenvalue weighted by Gasteiger charge is -2.28. The van der Waals surface area contributed by atoms with Crippen LogP contribution in [0.25, 0.3) is 5.57 Å². The normalized spacial score (nSPS) is 17.9. The molecule has 2 aromatic rings. The van der Waals surface area contributed by atoms with Gasteiger partial charge in [0, 0.05) is 5.92 Å². The molecular weight excluding hydrogens is 304 g/mol. The smallest absolute Gasteiger partial charge is 0.115 e. The molecule has 0 amide bonds. The van der Waals surface area contributed by atoms with Crippen LogP contribution < -0.4 is 0 Å². The standard InChI is InChI=1S/C17H20.C7H8O/c1-11-5-8-14(17(2,3)4)10-15(11)16-12-6-7-13(16)9-12;1-6-3-2-4-7(8)5-6/h5-8,10,12H,9H2,1-4H3;2-5,8H,1H3. The second kappa shape index (κ2) is 6.55. The number of phenols is 1. The Morgan fingerprint density at radius 3 is 2.24 bits per heavy atom. The molecule has 0 aromatic heterocycles. The lowest BCUT2D eigenvalue weighted by molar-refractivity contribution is 0.475. The minimum Gasteiger partial charge on any atom is -0.508 e. The summed E-state index contributed by atoms with van der Waals surface area (Å²) >= 11 is 0. The van der Waals surface area contributed by atoms with E-state index in [2.05, 4.69) is 58.0 Å². The Balaban J connectivity index is 0.000000192. The fraction of sp³-hybridized carbons (Fsp3) is 0.333. The molecule has 0 fully saturated rings. The van der Waals surface area contributed by atoms with Gasteiger partial charge in [-0.3, -0.25) is 0 Å². The van der Waals surface area contributed by atoms with E-state index in [9.17, 15) is 0 Å². The molecule has 1 unspecified atom stereocenters. The monoisotopic (exact) mass is 332 g/mol. The summed E-state index contributed by atoms with van der Waals surface area (Å²) in [6.07, 6.45) is 5.94. The van der Waals surface area contributed by atoms with E-state index < -0.39 is 0 Å². The number of aryl methyl sites for hydroxylation is 2. The highest BCUT2D eigenvalue weighted by molar-refractivity contribution is 5.84. The molecular formula is C24H28O. The highest BCUT2D eigenvalue weighted by Gasteiger charge is 2.32. The highest BCUT2D eigenvalue weighted by atomic mass is 16.3. The Bertz CT molecular complexity index is 829. The van der Waals surface area contributed by atoms with Crippen LogP contribution in [-0.4, -0.2) is 5.11 Å². The van der Waals surface area contributed by atoms with Crippen molar-refractivity contribution in [2.24, 2.45) is 5.92 Å². The zero-order valence-corrected chi connectivity index (χ0v) is 15.9. The summed E-state index contributed by atoms with van der Waals surface area (Å²) < 4.78 is 0. The average molecular weight is 332 g/mol. The van der Waals surface area contributed by atoms with Gasteiger partial charge in [0.25, 0.3) is 0 Å². The van der Waals surface area contributed by atoms with Crippen LogP contribution in [0.2, 0.25) is 0 Å². The lowest BCUT2D eigenvalue weighted by Crippen LogP contribution is -2.14. The van der Waals surface area contributed by atoms with Crippen molar-refractivity contribution in [1.82, 2.24) is 0 Å². The van der Waals surface area contributed by atoms with Gasteiger partial charge in [0.1, 0.15) is 5.75 Å². The van der Waals surface area contributed by atoms with Crippen molar-refractivity contribution in [1.29, 1.82) is 0 Å². The third-order valence-corrected chi connectivity index (χ3v) is 5.08. The van der Waals surface area contributed by atoms with Crippen molar-refractivity contribution in [3.63, 3.8) is 0 Å². The van der Waals surface area contributed by atoms with Crippen LogP contribution in [0.4, 0.5) is 0 Å².